The summed E-state index contributed by atoms with van der Waals surface area (Å²) in [4.78, 5) is 0. The molecule has 0 atom stereocenters. The van der Waals surface area contributed by atoms with Crippen LogP contribution in [0.15, 0.2) is 12.2 Å². The Hall–Kier alpha value is -0.123. The monoisotopic (exact) mass is 158 g/mol. The highest BCUT2D eigenvalue weighted by molar-refractivity contribution is 6.28. The average Bonchev–Trinajstić information content (AvgIpc) is 1.87. The molecule has 0 aromatic carbocycles. The second kappa shape index (κ2) is 6.99. The molecule has 0 N–H and O–H groups in total. The third-order valence-corrected chi connectivity index (χ3v) is 2.02. The lowest BCUT2D eigenvalue weighted by Gasteiger charge is -2.00. The maximum atomic E-state index is 5.23. The largest absolute Gasteiger partial charge is 0.415 e. The number of methoxy groups -OCH3 is 1. The normalized spacial score (nSPS) is 9.80. The van der Waals surface area contributed by atoms with Crippen LogP contribution in [0.2, 0.25) is 6.04 Å². The Balaban J connectivity index is 2.84. The van der Waals surface area contributed by atoms with Crippen LogP contribution in [0.1, 0.15) is 6.92 Å². The fraction of sp³-hybridized carbons (Fsp3) is 0.714. The second-order valence-corrected chi connectivity index (χ2v) is 3.05. The Labute approximate surface area is 65.2 Å². The molecular formula is C7H14O2Si. The fourth-order valence-electron chi connectivity index (χ4n) is 0.371. The zero-order valence-corrected chi connectivity index (χ0v) is 7.64. The Morgan fingerprint density at radius 1 is 1.50 bits per heavy atom. The van der Waals surface area contributed by atoms with Gasteiger partial charge in [0.25, 0.3) is 0 Å². The summed E-state index contributed by atoms with van der Waals surface area (Å²) < 4.78 is 10.0. The van der Waals surface area contributed by atoms with Crippen LogP contribution in [0.25, 0.3) is 0 Å². The van der Waals surface area contributed by atoms with Crippen molar-refractivity contribution in [3.63, 3.8) is 0 Å². The molecule has 0 heterocycles. The minimum atomic E-state index is 0.543. The molecule has 0 aliphatic heterocycles. The van der Waals surface area contributed by atoms with Gasteiger partial charge in [0.05, 0.1) is 13.2 Å². The van der Waals surface area contributed by atoms with Crippen LogP contribution in [-0.2, 0) is 9.16 Å². The zero-order valence-electron chi connectivity index (χ0n) is 6.64. The molecule has 2 nitrogen and oxygen atoms in total. The highest BCUT2D eigenvalue weighted by Crippen LogP contribution is 1.93. The molecule has 58 valence electrons. The molecule has 2 radical (unpaired) electrons. The van der Waals surface area contributed by atoms with Gasteiger partial charge in [0, 0.05) is 7.11 Å². The molecule has 3 heteroatoms. The van der Waals surface area contributed by atoms with Crippen LogP contribution in [0, 0.1) is 0 Å². The third kappa shape index (κ3) is 7.88. The van der Waals surface area contributed by atoms with Gasteiger partial charge in [-0.05, 0) is 13.0 Å². The lowest BCUT2D eigenvalue weighted by Crippen LogP contribution is -2.05. The predicted molar refractivity (Wildman–Crippen MR) is 43.2 cm³/mol. The molecule has 0 fully saturated rings. The van der Waals surface area contributed by atoms with Gasteiger partial charge in [0.2, 0.25) is 9.76 Å². The molecule has 0 aliphatic carbocycles. The number of hydrogen-bond acceptors (Lipinski definition) is 2. The smallest absolute Gasteiger partial charge is 0.234 e. The molecule has 10 heavy (non-hydrogen) atoms. The number of ether oxygens (including phenoxy) is 1. The van der Waals surface area contributed by atoms with Gasteiger partial charge in [-0.1, -0.05) is 5.57 Å². The lowest BCUT2D eigenvalue weighted by atomic mass is 10.4. The molecule has 0 saturated heterocycles. The van der Waals surface area contributed by atoms with E-state index in [9.17, 15) is 0 Å². The Morgan fingerprint density at radius 3 is 2.70 bits per heavy atom. The molecule has 0 amide bonds. The number of rotatable bonds is 6. The molecule has 0 spiro atoms. The zero-order chi connectivity index (χ0) is 7.82. The molecule has 0 bridgehead atoms. The Bertz CT molecular complexity index is 93.6. The van der Waals surface area contributed by atoms with Crippen molar-refractivity contribution in [2.75, 3.05) is 20.3 Å². The number of allylic oxidation sites excluding steroid dienone is 1. The van der Waals surface area contributed by atoms with Crippen molar-refractivity contribution >= 4 is 9.76 Å². The van der Waals surface area contributed by atoms with Crippen LogP contribution in [0.3, 0.4) is 0 Å². The van der Waals surface area contributed by atoms with Crippen molar-refractivity contribution in [2.24, 2.45) is 0 Å². The van der Waals surface area contributed by atoms with E-state index in [4.69, 9.17) is 9.16 Å². The Morgan fingerprint density at radius 2 is 2.20 bits per heavy atom. The SMILES string of the molecule is C=C(C)C[Si]OCCOC. The van der Waals surface area contributed by atoms with E-state index in [1.54, 1.807) is 7.11 Å². The fourth-order valence-corrected chi connectivity index (χ4v) is 0.948. The van der Waals surface area contributed by atoms with Crippen LogP contribution < -0.4 is 0 Å². The van der Waals surface area contributed by atoms with Gasteiger partial charge >= 0.3 is 0 Å². The summed E-state index contributed by atoms with van der Waals surface area (Å²) >= 11 is 0. The minimum absolute atomic E-state index is 0.543. The van der Waals surface area contributed by atoms with E-state index in [2.05, 4.69) is 6.58 Å². The molecule has 0 aromatic rings. The van der Waals surface area contributed by atoms with E-state index in [1.165, 1.54) is 5.57 Å². The molecule has 0 aliphatic rings. The average molecular weight is 158 g/mol. The van der Waals surface area contributed by atoms with Crippen LogP contribution in [-0.4, -0.2) is 30.1 Å². The summed E-state index contributed by atoms with van der Waals surface area (Å²) in [5.41, 5.74) is 1.18. The van der Waals surface area contributed by atoms with Crippen molar-refractivity contribution in [3.8, 4) is 0 Å². The topological polar surface area (TPSA) is 18.5 Å². The van der Waals surface area contributed by atoms with Crippen molar-refractivity contribution in [1.29, 1.82) is 0 Å². The van der Waals surface area contributed by atoms with Crippen molar-refractivity contribution in [2.45, 2.75) is 13.0 Å². The van der Waals surface area contributed by atoms with E-state index in [0.717, 1.165) is 6.04 Å². The summed E-state index contributed by atoms with van der Waals surface area (Å²) in [5, 5.41) is 0. The summed E-state index contributed by atoms with van der Waals surface area (Å²) in [6.07, 6.45) is 0. The van der Waals surface area contributed by atoms with Gasteiger partial charge < -0.3 is 9.16 Å². The first-order valence-corrected chi connectivity index (χ1v) is 4.37. The molecular weight excluding hydrogens is 144 g/mol. The van der Waals surface area contributed by atoms with E-state index in [-0.39, 0.29) is 0 Å². The maximum Gasteiger partial charge on any atom is 0.234 e. The van der Waals surface area contributed by atoms with Crippen molar-refractivity contribution in [1.82, 2.24) is 0 Å². The number of hydrogen-bond donors (Lipinski definition) is 0. The first-order valence-electron chi connectivity index (χ1n) is 3.25. The van der Waals surface area contributed by atoms with E-state index in [0.29, 0.717) is 23.0 Å². The van der Waals surface area contributed by atoms with E-state index < -0.39 is 0 Å². The van der Waals surface area contributed by atoms with Crippen molar-refractivity contribution in [3.05, 3.63) is 12.2 Å². The van der Waals surface area contributed by atoms with E-state index in [1.807, 2.05) is 6.92 Å². The summed E-state index contributed by atoms with van der Waals surface area (Å²) in [5.74, 6) is 0. The molecule has 0 unspecified atom stereocenters. The predicted octanol–water partition coefficient (Wildman–Crippen LogP) is 1.26. The third-order valence-electron chi connectivity index (χ3n) is 0.866. The molecule has 0 rings (SSSR count). The van der Waals surface area contributed by atoms with Gasteiger partial charge in [-0.2, -0.15) is 0 Å². The van der Waals surface area contributed by atoms with Gasteiger partial charge in [-0.3, -0.25) is 0 Å². The quantitative estimate of drug-likeness (QED) is 0.329. The first kappa shape index (κ1) is 9.88. The standard InChI is InChI=1S/C7H14O2Si/c1-7(2)6-10-9-5-4-8-3/h1,4-6H2,2-3H3. The summed E-state index contributed by atoms with van der Waals surface area (Å²) in [6.45, 7) is 7.16. The lowest BCUT2D eigenvalue weighted by molar-refractivity contribution is 0.149. The Kier molecular flexibility index (Phi) is 6.90. The van der Waals surface area contributed by atoms with E-state index >= 15 is 0 Å². The minimum Gasteiger partial charge on any atom is -0.415 e. The first-order chi connectivity index (χ1) is 4.77. The van der Waals surface area contributed by atoms with Gasteiger partial charge in [-0.15, -0.1) is 6.58 Å². The molecule has 0 aromatic heterocycles. The van der Waals surface area contributed by atoms with Crippen LogP contribution in [0.5, 0.6) is 0 Å². The van der Waals surface area contributed by atoms with Crippen LogP contribution >= 0.6 is 0 Å². The highest BCUT2D eigenvalue weighted by atomic mass is 28.2. The maximum absolute atomic E-state index is 5.23. The van der Waals surface area contributed by atoms with Gasteiger partial charge in [0.1, 0.15) is 0 Å². The molecule has 0 saturated carbocycles. The summed E-state index contributed by atoms with van der Waals surface area (Å²) in [6, 6.07) is 0.976. The second-order valence-electron chi connectivity index (χ2n) is 2.12. The van der Waals surface area contributed by atoms with Gasteiger partial charge in [-0.25, -0.2) is 0 Å². The van der Waals surface area contributed by atoms with Gasteiger partial charge in [0.15, 0.2) is 0 Å². The van der Waals surface area contributed by atoms with Crippen molar-refractivity contribution < 1.29 is 9.16 Å². The highest BCUT2D eigenvalue weighted by Gasteiger charge is 1.90. The summed E-state index contributed by atoms with van der Waals surface area (Å²) in [7, 11) is 2.21. The van der Waals surface area contributed by atoms with Crippen LogP contribution in [0.4, 0.5) is 0 Å².